The van der Waals surface area contributed by atoms with Crippen LogP contribution in [-0.2, 0) is 6.54 Å². The molecule has 0 aliphatic heterocycles. The molecule has 0 amide bonds. The Morgan fingerprint density at radius 3 is 2.65 bits per heavy atom. The van der Waals surface area contributed by atoms with Gasteiger partial charge >= 0.3 is 0 Å². The molecule has 2 aromatic heterocycles. The molecule has 17 heavy (non-hydrogen) atoms. The van der Waals surface area contributed by atoms with Gasteiger partial charge in [0.2, 0.25) is 0 Å². The number of nitrogens with one attached hydrogen (secondary N) is 1. The summed E-state index contributed by atoms with van der Waals surface area (Å²) in [7, 11) is 1.71. The van der Waals surface area contributed by atoms with E-state index in [-0.39, 0.29) is 0 Å². The van der Waals surface area contributed by atoms with Crippen LogP contribution in [0.1, 0.15) is 27.6 Å². The molecule has 92 valence electrons. The molecule has 0 fully saturated rings. The first-order valence-corrected chi connectivity index (χ1v) is 7.25. The standard InChI is InChI=1S/C13H17NOS2/c1-9-4-6-12(16-9)10(2)14-8-11-5-7-13(15-3)17-11/h4-7,10,14H,8H2,1-3H3. The molecule has 2 heterocycles. The quantitative estimate of drug-likeness (QED) is 0.885. The maximum Gasteiger partial charge on any atom is 0.173 e. The molecule has 1 N–H and O–H groups in total. The summed E-state index contributed by atoms with van der Waals surface area (Å²) in [6, 6.07) is 8.91. The maximum absolute atomic E-state index is 5.18. The first-order valence-electron chi connectivity index (χ1n) is 5.61. The molecule has 2 rings (SSSR count). The Hall–Kier alpha value is -0.840. The number of methoxy groups -OCH3 is 1. The molecule has 2 nitrogen and oxygen atoms in total. The van der Waals surface area contributed by atoms with E-state index in [0.717, 1.165) is 11.6 Å². The minimum Gasteiger partial charge on any atom is -0.487 e. The zero-order valence-corrected chi connectivity index (χ0v) is 12.0. The highest BCUT2D eigenvalue weighted by molar-refractivity contribution is 7.13. The summed E-state index contributed by atoms with van der Waals surface area (Å²) < 4.78 is 5.18. The predicted molar refractivity (Wildman–Crippen MR) is 75.2 cm³/mol. The van der Waals surface area contributed by atoms with Crippen molar-refractivity contribution < 1.29 is 4.74 Å². The van der Waals surface area contributed by atoms with Crippen LogP contribution in [-0.4, -0.2) is 7.11 Å². The number of thiophene rings is 2. The van der Waals surface area contributed by atoms with Gasteiger partial charge in [0.1, 0.15) is 0 Å². The number of ether oxygens (including phenoxy) is 1. The third kappa shape index (κ3) is 3.31. The van der Waals surface area contributed by atoms with E-state index in [2.05, 4.69) is 37.4 Å². The van der Waals surface area contributed by atoms with Crippen molar-refractivity contribution in [3.05, 3.63) is 38.9 Å². The summed E-state index contributed by atoms with van der Waals surface area (Å²) in [5.41, 5.74) is 0. The van der Waals surface area contributed by atoms with Gasteiger partial charge < -0.3 is 10.1 Å². The molecule has 0 spiro atoms. The van der Waals surface area contributed by atoms with Crippen molar-refractivity contribution in [2.45, 2.75) is 26.4 Å². The molecular formula is C13H17NOS2. The summed E-state index contributed by atoms with van der Waals surface area (Å²) in [5, 5.41) is 4.50. The lowest BCUT2D eigenvalue weighted by molar-refractivity contribution is 0.427. The van der Waals surface area contributed by atoms with Gasteiger partial charge in [0.25, 0.3) is 0 Å². The van der Waals surface area contributed by atoms with Crippen LogP contribution in [0, 0.1) is 6.92 Å². The number of hydrogen-bond acceptors (Lipinski definition) is 4. The van der Waals surface area contributed by atoms with E-state index in [1.807, 2.05) is 17.4 Å². The third-order valence-corrected chi connectivity index (χ3v) is 4.84. The van der Waals surface area contributed by atoms with E-state index < -0.39 is 0 Å². The zero-order chi connectivity index (χ0) is 12.3. The van der Waals surface area contributed by atoms with Crippen molar-refractivity contribution in [2.75, 3.05) is 7.11 Å². The predicted octanol–water partition coefficient (Wildman–Crippen LogP) is 3.98. The van der Waals surface area contributed by atoms with Crippen molar-refractivity contribution in [2.24, 2.45) is 0 Å². The van der Waals surface area contributed by atoms with Crippen LogP contribution in [0.15, 0.2) is 24.3 Å². The van der Waals surface area contributed by atoms with Crippen molar-refractivity contribution in [1.29, 1.82) is 0 Å². The van der Waals surface area contributed by atoms with Gasteiger partial charge in [-0.25, -0.2) is 0 Å². The van der Waals surface area contributed by atoms with Crippen LogP contribution in [0.2, 0.25) is 0 Å². The van der Waals surface area contributed by atoms with Gasteiger partial charge in [-0.05, 0) is 38.1 Å². The fraction of sp³-hybridized carbons (Fsp3) is 0.385. The highest BCUT2D eigenvalue weighted by Crippen LogP contribution is 2.26. The summed E-state index contributed by atoms with van der Waals surface area (Å²) in [5.74, 6) is 0. The highest BCUT2D eigenvalue weighted by atomic mass is 32.1. The van der Waals surface area contributed by atoms with Gasteiger partial charge in [-0.3, -0.25) is 0 Å². The minimum absolute atomic E-state index is 0.404. The number of hydrogen-bond donors (Lipinski definition) is 1. The second kappa shape index (κ2) is 5.67. The largest absolute Gasteiger partial charge is 0.487 e. The van der Waals surface area contributed by atoms with Crippen molar-refractivity contribution in [3.8, 4) is 5.06 Å². The first kappa shape index (κ1) is 12.6. The second-order valence-electron chi connectivity index (χ2n) is 3.98. The summed E-state index contributed by atoms with van der Waals surface area (Å²) in [6.07, 6.45) is 0. The van der Waals surface area contributed by atoms with Crippen LogP contribution in [0.25, 0.3) is 0 Å². The lowest BCUT2D eigenvalue weighted by Crippen LogP contribution is -2.16. The summed E-state index contributed by atoms with van der Waals surface area (Å²) in [4.78, 5) is 4.07. The number of rotatable bonds is 5. The Balaban J connectivity index is 1.89. The fourth-order valence-corrected chi connectivity index (χ4v) is 3.28. The molecule has 4 heteroatoms. The van der Waals surface area contributed by atoms with Gasteiger partial charge in [-0.2, -0.15) is 0 Å². The molecule has 0 saturated carbocycles. The van der Waals surface area contributed by atoms with Crippen LogP contribution >= 0.6 is 22.7 Å². The van der Waals surface area contributed by atoms with E-state index >= 15 is 0 Å². The first-order chi connectivity index (χ1) is 8.19. The Morgan fingerprint density at radius 2 is 2.06 bits per heavy atom. The van der Waals surface area contributed by atoms with E-state index in [9.17, 15) is 0 Å². The van der Waals surface area contributed by atoms with Crippen LogP contribution < -0.4 is 10.1 Å². The topological polar surface area (TPSA) is 21.3 Å². The Kier molecular flexibility index (Phi) is 4.20. The van der Waals surface area contributed by atoms with E-state index in [1.165, 1.54) is 14.6 Å². The third-order valence-electron chi connectivity index (χ3n) is 2.61. The van der Waals surface area contributed by atoms with E-state index in [0.29, 0.717) is 6.04 Å². The van der Waals surface area contributed by atoms with Gasteiger partial charge in [0, 0.05) is 27.2 Å². The van der Waals surface area contributed by atoms with Gasteiger partial charge in [-0.15, -0.1) is 22.7 Å². The average Bonchev–Trinajstić information content (AvgIpc) is 2.94. The molecule has 0 bridgehead atoms. The SMILES string of the molecule is COc1ccc(CNC(C)c2ccc(C)s2)s1. The van der Waals surface area contributed by atoms with Gasteiger partial charge in [0.15, 0.2) is 5.06 Å². The van der Waals surface area contributed by atoms with Crippen molar-refractivity contribution in [3.63, 3.8) is 0 Å². The summed E-state index contributed by atoms with van der Waals surface area (Å²) in [6.45, 7) is 5.24. The highest BCUT2D eigenvalue weighted by Gasteiger charge is 2.07. The molecule has 0 saturated heterocycles. The molecule has 0 aromatic carbocycles. The average molecular weight is 267 g/mol. The Morgan fingerprint density at radius 1 is 1.24 bits per heavy atom. The second-order valence-corrected chi connectivity index (χ2v) is 6.43. The minimum atomic E-state index is 0.404. The smallest absolute Gasteiger partial charge is 0.173 e. The van der Waals surface area contributed by atoms with E-state index in [4.69, 9.17) is 4.74 Å². The maximum atomic E-state index is 5.18. The lowest BCUT2D eigenvalue weighted by Gasteiger charge is -2.10. The van der Waals surface area contributed by atoms with Crippen molar-refractivity contribution >= 4 is 22.7 Å². The molecular weight excluding hydrogens is 250 g/mol. The van der Waals surface area contributed by atoms with Gasteiger partial charge in [0.05, 0.1) is 7.11 Å². The van der Waals surface area contributed by atoms with E-state index in [1.54, 1.807) is 18.4 Å². The molecule has 0 radical (unpaired) electrons. The molecule has 0 aliphatic carbocycles. The zero-order valence-electron chi connectivity index (χ0n) is 10.3. The monoisotopic (exact) mass is 267 g/mol. The van der Waals surface area contributed by atoms with Crippen molar-refractivity contribution in [1.82, 2.24) is 5.32 Å². The van der Waals surface area contributed by atoms with Crippen LogP contribution in [0.5, 0.6) is 5.06 Å². The lowest BCUT2D eigenvalue weighted by atomic mass is 10.2. The molecule has 0 aliphatic rings. The fourth-order valence-electron chi connectivity index (χ4n) is 1.60. The van der Waals surface area contributed by atoms with Crippen LogP contribution in [0.4, 0.5) is 0 Å². The molecule has 1 unspecified atom stereocenters. The molecule has 2 aromatic rings. The Bertz CT molecular complexity index is 475. The molecule has 1 atom stereocenters. The normalized spacial score (nSPS) is 12.6. The summed E-state index contributed by atoms with van der Waals surface area (Å²) >= 11 is 3.55. The Labute approximate surface area is 110 Å². The van der Waals surface area contributed by atoms with Gasteiger partial charge in [-0.1, -0.05) is 0 Å². The van der Waals surface area contributed by atoms with Crippen LogP contribution in [0.3, 0.4) is 0 Å². The number of aryl methyl sites for hydroxylation is 1.